The third-order valence-corrected chi connectivity index (χ3v) is 2.29. The molecule has 7 heteroatoms. The van der Waals surface area contributed by atoms with Gasteiger partial charge in [0.25, 0.3) is 0 Å². The first-order valence-corrected chi connectivity index (χ1v) is 6.79. The molecule has 0 spiro atoms. The standard InChI is InChI=1S/C13H26N4O3/c1-6-14-12(20)15-10(18)8-17(7-2)9-11(19)16-13(3,4)5/h6-9H2,1-5H3,(H,16,19)(H2,14,15,18,20). The Kier molecular flexibility index (Phi) is 7.83. The van der Waals surface area contributed by atoms with E-state index in [0.717, 1.165) is 0 Å². The quantitative estimate of drug-likeness (QED) is 0.644. The minimum Gasteiger partial charge on any atom is -0.350 e. The highest BCUT2D eigenvalue weighted by atomic mass is 16.2. The van der Waals surface area contributed by atoms with Gasteiger partial charge in [-0.05, 0) is 34.2 Å². The van der Waals surface area contributed by atoms with Crippen molar-refractivity contribution in [2.75, 3.05) is 26.2 Å². The van der Waals surface area contributed by atoms with Gasteiger partial charge < -0.3 is 10.6 Å². The number of likely N-dealkylation sites (N-methyl/N-ethyl adjacent to an activating group) is 1. The fourth-order valence-corrected chi connectivity index (χ4v) is 1.51. The van der Waals surface area contributed by atoms with Crippen LogP contribution in [0.25, 0.3) is 0 Å². The molecule has 0 aromatic heterocycles. The normalized spacial score (nSPS) is 11.1. The summed E-state index contributed by atoms with van der Waals surface area (Å²) in [5.74, 6) is -0.577. The fourth-order valence-electron chi connectivity index (χ4n) is 1.51. The van der Waals surface area contributed by atoms with Crippen molar-refractivity contribution in [3.8, 4) is 0 Å². The lowest BCUT2D eigenvalue weighted by Crippen LogP contribution is -2.49. The summed E-state index contributed by atoms with van der Waals surface area (Å²) < 4.78 is 0. The van der Waals surface area contributed by atoms with Crippen LogP contribution in [0.2, 0.25) is 0 Å². The highest BCUT2D eigenvalue weighted by molar-refractivity contribution is 5.95. The van der Waals surface area contributed by atoms with Crippen LogP contribution in [0.5, 0.6) is 0 Å². The molecule has 4 amide bonds. The summed E-state index contributed by atoms with van der Waals surface area (Å²) in [6.07, 6.45) is 0. The van der Waals surface area contributed by atoms with Gasteiger partial charge in [0.15, 0.2) is 0 Å². The number of hydrogen-bond acceptors (Lipinski definition) is 4. The molecule has 0 fully saturated rings. The maximum absolute atomic E-state index is 11.8. The SMILES string of the molecule is CCNC(=O)NC(=O)CN(CC)CC(=O)NC(C)(C)C. The zero-order valence-electron chi connectivity index (χ0n) is 13.0. The molecule has 116 valence electrons. The number of hydrogen-bond donors (Lipinski definition) is 3. The Morgan fingerprint density at radius 3 is 2.00 bits per heavy atom. The van der Waals surface area contributed by atoms with Crippen molar-refractivity contribution in [1.82, 2.24) is 20.9 Å². The van der Waals surface area contributed by atoms with Crippen LogP contribution < -0.4 is 16.0 Å². The topological polar surface area (TPSA) is 90.5 Å². The zero-order chi connectivity index (χ0) is 15.8. The number of amides is 4. The molecule has 0 aliphatic heterocycles. The molecule has 0 heterocycles. The number of imide groups is 1. The second-order valence-electron chi connectivity index (χ2n) is 5.51. The number of carbonyl (C=O) groups is 3. The summed E-state index contributed by atoms with van der Waals surface area (Å²) in [4.78, 5) is 36.2. The lowest BCUT2D eigenvalue weighted by atomic mass is 10.1. The van der Waals surface area contributed by atoms with Crippen molar-refractivity contribution in [3.63, 3.8) is 0 Å². The van der Waals surface area contributed by atoms with Crippen molar-refractivity contribution in [2.45, 2.75) is 40.2 Å². The molecule has 0 unspecified atom stereocenters. The smallest absolute Gasteiger partial charge is 0.321 e. The Labute approximate surface area is 120 Å². The monoisotopic (exact) mass is 286 g/mol. The van der Waals surface area contributed by atoms with Gasteiger partial charge in [0.1, 0.15) is 0 Å². The summed E-state index contributed by atoms with van der Waals surface area (Å²) in [7, 11) is 0. The first kappa shape index (κ1) is 18.4. The molecule has 0 aliphatic rings. The van der Waals surface area contributed by atoms with E-state index in [9.17, 15) is 14.4 Å². The van der Waals surface area contributed by atoms with Gasteiger partial charge in [0.05, 0.1) is 13.1 Å². The molecule has 3 N–H and O–H groups in total. The summed E-state index contributed by atoms with van der Waals surface area (Å²) in [6.45, 7) is 10.4. The van der Waals surface area contributed by atoms with Gasteiger partial charge in [-0.3, -0.25) is 19.8 Å². The van der Waals surface area contributed by atoms with Crippen molar-refractivity contribution < 1.29 is 14.4 Å². The Morgan fingerprint density at radius 2 is 1.55 bits per heavy atom. The lowest BCUT2D eigenvalue weighted by molar-refractivity contribution is -0.125. The van der Waals surface area contributed by atoms with Crippen LogP contribution in [0.1, 0.15) is 34.6 Å². The van der Waals surface area contributed by atoms with E-state index >= 15 is 0 Å². The van der Waals surface area contributed by atoms with Gasteiger partial charge in [-0.25, -0.2) is 4.79 Å². The summed E-state index contributed by atoms with van der Waals surface area (Å²) in [6, 6.07) is -0.521. The van der Waals surface area contributed by atoms with E-state index in [4.69, 9.17) is 0 Å². The highest BCUT2D eigenvalue weighted by Crippen LogP contribution is 1.98. The van der Waals surface area contributed by atoms with Crippen LogP contribution in [0.3, 0.4) is 0 Å². The van der Waals surface area contributed by atoms with Crippen LogP contribution in [0.4, 0.5) is 4.79 Å². The van der Waals surface area contributed by atoms with Crippen LogP contribution >= 0.6 is 0 Å². The van der Waals surface area contributed by atoms with Gasteiger partial charge in [-0.1, -0.05) is 6.92 Å². The molecule has 0 rings (SSSR count). The molecule has 20 heavy (non-hydrogen) atoms. The minimum atomic E-state index is -0.521. The third kappa shape index (κ3) is 9.32. The van der Waals surface area contributed by atoms with Gasteiger partial charge in [-0.15, -0.1) is 0 Å². The molecule has 0 aromatic carbocycles. The van der Waals surface area contributed by atoms with E-state index in [1.165, 1.54) is 0 Å². The maximum Gasteiger partial charge on any atom is 0.321 e. The molecular weight excluding hydrogens is 260 g/mol. The van der Waals surface area contributed by atoms with Gasteiger partial charge in [0, 0.05) is 12.1 Å². The van der Waals surface area contributed by atoms with E-state index in [1.807, 2.05) is 27.7 Å². The number of carbonyl (C=O) groups excluding carboxylic acids is 3. The molecule has 0 radical (unpaired) electrons. The molecular formula is C13H26N4O3. The molecule has 0 saturated heterocycles. The maximum atomic E-state index is 11.8. The van der Waals surface area contributed by atoms with E-state index in [0.29, 0.717) is 13.1 Å². The van der Waals surface area contributed by atoms with E-state index < -0.39 is 11.9 Å². The Bertz CT molecular complexity index is 350. The molecule has 7 nitrogen and oxygen atoms in total. The second kappa shape index (κ2) is 8.52. The first-order chi connectivity index (χ1) is 9.17. The average Bonchev–Trinajstić information content (AvgIpc) is 2.25. The van der Waals surface area contributed by atoms with Gasteiger partial charge >= 0.3 is 6.03 Å². The number of urea groups is 1. The van der Waals surface area contributed by atoms with E-state index in [2.05, 4.69) is 16.0 Å². The van der Waals surface area contributed by atoms with Gasteiger partial charge in [0.2, 0.25) is 11.8 Å². The predicted octanol–water partition coefficient (Wildman–Crippen LogP) is 0.0687. The molecule has 0 aliphatic carbocycles. The first-order valence-electron chi connectivity index (χ1n) is 6.79. The lowest BCUT2D eigenvalue weighted by Gasteiger charge is -2.24. The molecule has 0 bridgehead atoms. The summed E-state index contributed by atoms with van der Waals surface area (Å²) >= 11 is 0. The van der Waals surface area contributed by atoms with Crippen molar-refractivity contribution in [1.29, 1.82) is 0 Å². The molecule has 0 aromatic rings. The number of nitrogens with zero attached hydrogens (tertiary/aromatic N) is 1. The third-order valence-electron chi connectivity index (χ3n) is 2.29. The van der Waals surface area contributed by atoms with Crippen molar-refractivity contribution in [3.05, 3.63) is 0 Å². The zero-order valence-corrected chi connectivity index (χ0v) is 13.0. The van der Waals surface area contributed by atoms with Crippen molar-refractivity contribution in [2.24, 2.45) is 0 Å². The number of rotatable bonds is 6. The minimum absolute atomic E-state index is 0.00516. The Balaban J connectivity index is 4.24. The Morgan fingerprint density at radius 1 is 1.00 bits per heavy atom. The second-order valence-corrected chi connectivity index (χ2v) is 5.51. The van der Waals surface area contributed by atoms with Crippen LogP contribution in [0.15, 0.2) is 0 Å². The fraction of sp³-hybridized carbons (Fsp3) is 0.769. The predicted molar refractivity (Wildman–Crippen MR) is 77.2 cm³/mol. The van der Waals surface area contributed by atoms with Crippen molar-refractivity contribution >= 4 is 17.8 Å². The van der Waals surface area contributed by atoms with Gasteiger partial charge in [-0.2, -0.15) is 0 Å². The van der Waals surface area contributed by atoms with Crippen LogP contribution in [0, 0.1) is 0 Å². The average molecular weight is 286 g/mol. The van der Waals surface area contributed by atoms with Crippen LogP contribution in [-0.4, -0.2) is 54.5 Å². The Hall–Kier alpha value is -1.63. The highest BCUT2D eigenvalue weighted by Gasteiger charge is 2.18. The van der Waals surface area contributed by atoms with Crippen LogP contribution in [-0.2, 0) is 9.59 Å². The van der Waals surface area contributed by atoms with E-state index in [1.54, 1.807) is 11.8 Å². The molecule has 0 atom stereocenters. The largest absolute Gasteiger partial charge is 0.350 e. The van der Waals surface area contributed by atoms with E-state index in [-0.39, 0.29) is 24.5 Å². The number of nitrogens with one attached hydrogen (secondary N) is 3. The summed E-state index contributed by atoms with van der Waals surface area (Å²) in [5, 5.41) is 7.50. The molecule has 0 saturated carbocycles. The summed E-state index contributed by atoms with van der Waals surface area (Å²) in [5.41, 5.74) is -0.306.